The van der Waals surface area contributed by atoms with Crippen LogP contribution in [-0.4, -0.2) is 86.6 Å². The average Bonchev–Trinajstić information content (AvgIpc) is 2.69. The van der Waals surface area contributed by atoms with Gasteiger partial charge >= 0.3 is 0 Å². The van der Waals surface area contributed by atoms with Gasteiger partial charge in [-0.2, -0.15) is 0 Å². The Morgan fingerprint density at radius 3 is 1.94 bits per heavy atom. The SMILES string of the molecule is CC(C)[C@H](NC(O)OCC1CCCCC1)C(O)N[C@@H](C)C(O)N[C@@H](CC(O)O)[C@H](C)O. The fourth-order valence-corrected chi connectivity index (χ4v) is 3.90. The predicted molar refractivity (Wildman–Crippen MR) is 116 cm³/mol. The van der Waals surface area contributed by atoms with Crippen molar-refractivity contribution in [3.05, 3.63) is 0 Å². The maximum atomic E-state index is 10.6. The Morgan fingerprint density at radius 2 is 1.42 bits per heavy atom. The second kappa shape index (κ2) is 14.7. The molecule has 0 amide bonds. The first-order valence-corrected chi connectivity index (χ1v) is 11.5. The van der Waals surface area contributed by atoms with Gasteiger partial charge < -0.3 is 35.4 Å². The summed E-state index contributed by atoms with van der Waals surface area (Å²) < 4.78 is 5.55. The summed E-state index contributed by atoms with van der Waals surface area (Å²) in [6.45, 7) is 7.37. The Kier molecular flexibility index (Phi) is 13.6. The Morgan fingerprint density at radius 1 is 0.806 bits per heavy atom. The van der Waals surface area contributed by atoms with Crippen LogP contribution >= 0.6 is 0 Å². The first kappa shape index (κ1) is 28.6. The number of rotatable bonds is 15. The van der Waals surface area contributed by atoms with Crippen molar-refractivity contribution in [2.24, 2.45) is 11.8 Å². The molecule has 10 heteroatoms. The summed E-state index contributed by atoms with van der Waals surface area (Å²) in [6.07, 6.45) is -0.357. The minimum atomic E-state index is -1.63. The van der Waals surface area contributed by atoms with Crippen LogP contribution in [0.2, 0.25) is 0 Å². The van der Waals surface area contributed by atoms with E-state index >= 15 is 0 Å². The Hall–Kier alpha value is -0.400. The molecule has 7 atom stereocenters. The van der Waals surface area contributed by atoms with Crippen LogP contribution in [0.1, 0.15) is 66.2 Å². The van der Waals surface area contributed by atoms with Crippen LogP contribution in [0.15, 0.2) is 0 Å². The lowest BCUT2D eigenvalue weighted by molar-refractivity contribution is -0.148. The molecule has 3 unspecified atom stereocenters. The van der Waals surface area contributed by atoms with Crippen LogP contribution in [0.3, 0.4) is 0 Å². The third kappa shape index (κ3) is 11.3. The normalized spacial score (nSPS) is 22.8. The van der Waals surface area contributed by atoms with Crippen molar-refractivity contribution in [1.82, 2.24) is 16.0 Å². The van der Waals surface area contributed by atoms with Gasteiger partial charge in [0, 0.05) is 18.5 Å². The molecule has 10 nitrogen and oxygen atoms in total. The summed E-state index contributed by atoms with van der Waals surface area (Å²) in [5.41, 5.74) is 0. The third-order valence-electron chi connectivity index (χ3n) is 5.95. The van der Waals surface area contributed by atoms with Gasteiger partial charge in [0.25, 0.3) is 0 Å². The summed E-state index contributed by atoms with van der Waals surface area (Å²) in [5, 5.41) is 67.8. The highest BCUT2D eigenvalue weighted by Gasteiger charge is 2.30. The van der Waals surface area contributed by atoms with E-state index in [2.05, 4.69) is 16.0 Å². The van der Waals surface area contributed by atoms with Crippen molar-refractivity contribution in [1.29, 1.82) is 0 Å². The molecule has 1 saturated carbocycles. The van der Waals surface area contributed by atoms with Crippen LogP contribution < -0.4 is 16.0 Å². The highest BCUT2D eigenvalue weighted by Crippen LogP contribution is 2.23. The summed E-state index contributed by atoms with van der Waals surface area (Å²) in [6, 6.07) is -1.94. The van der Waals surface area contributed by atoms with Crippen LogP contribution in [0.25, 0.3) is 0 Å². The van der Waals surface area contributed by atoms with Crippen LogP contribution in [0, 0.1) is 11.8 Å². The molecule has 0 radical (unpaired) electrons. The molecule has 0 spiro atoms. The summed E-state index contributed by atoms with van der Waals surface area (Å²) in [4.78, 5) is 0. The maximum Gasteiger partial charge on any atom is 0.213 e. The molecule has 1 fully saturated rings. The van der Waals surface area contributed by atoms with E-state index in [1.54, 1.807) is 6.92 Å². The largest absolute Gasteiger partial charge is 0.392 e. The molecule has 0 saturated heterocycles. The lowest BCUT2D eigenvalue weighted by Crippen LogP contribution is -2.60. The molecular weight excluding hydrogens is 406 g/mol. The van der Waals surface area contributed by atoms with Gasteiger partial charge in [-0.05, 0) is 38.5 Å². The van der Waals surface area contributed by atoms with Crippen molar-refractivity contribution < 1.29 is 35.4 Å². The van der Waals surface area contributed by atoms with E-state index in [0.29, 0.717) is 12.5 Å². The van der Waals surface area contributed by atoms with E-state index in [-0.39, 0.29) is 12.3 Å². The van der Waals surface area contributed by atoms with E-state index in [1.165, 1.54) is 26.2 Å². The monoisotopic (exact) mass is 451 g/mol. The van der Waals surface area contributed by atoms with Gasteiger partial charge in [-0.1, -0.05) is 33.1 Å². The molecule has 1 aliphatic rings. The van der Waals surface area contributed by atoms with Crippen molar-refractivity contribution in [3.8, 4) is 0 Å². The van der Waals surface area contributed by atoms with Gasteiger partial charge in [0.15, 0.2) is 6.29 Å². The minimum Gasteiger partial charge on any atom is -0.392 e. The van der Waals surface area contributed by atoms with Gasteiger partial charge in [-0.15, -0.1) is 0 Å². The van der Waals surface area contributed by atoms with Gasteiger partial charge in [0.2, 0.25) is 6.41 Å². The highest BCUT2D eigenvalue weighted by molar-refractivity contribution is 4.83. The molecule has 9 N–H and O–H groups in total. The molecule has 1 aliphatic carbocycles. The zero-order valence-electron chi connectivity index (χ0n) is 19.3. The minimum absolute atomic E-state index is 0.0533. The number of hydrogen-bond acceptors (Lipinski definition) is 10. The Balaban J connectivity index is 2.53. The van der Waals surface area contributed by atoms with E-state index in [4.69, 9.17) is 14.9 Å². The summed E-state index contributed by atoms with van der Waals surface area (Å²) >= 11 is 0. The predicted octanol–water partition coefficient (Wildman–Crippen LogP) is -0.872. The summed E-state index contributed by atoms with van der Waals surface area (Å²) in [5.74, 6) is 0.397. The second-order valence-corrected chi connectivity index (χ2v) is 9.20. The van der Waals surface area contributed by atoms with E-state index in [1.807, 2.05) is 13.8 Å². The number of ether oxygens (including phenoxy) is 1. The zero-order chi connectivity index (χ0) is 23.6. The molecule has 0 heterocycles. The standard InChI is InChI=1S/C21H45N3O7/c1-12(2)18(24-21(30)31-11-15-8-6-5-7-9-15)20(29)22-13(3)19(28)23-16(14(4)25)10-17(26)27/h12-30H,5-11H2,1-4H3/t13-,14-,16-,18-,19?,20?,21?/m0/s1. The van der Waals surface area contributed by atoms with E-state index in [9.17, 15) is 20.4 Å². The van der Waals surface area contributed by atoms with Crippen molar-refractivity contribution in [2.45, 2.75) is 116 Å². The second-order valence-electron chi connectivity index (χ2n) is 9.20. The first-order valence-electron chi connectivity index (χ1n) is 11.5. The van der Waals surface area contributed by atoms with Crippen LogP contribution in [0.5, 0.6) is 0 Å². The molecule has 0 bridgehead atoms. The number of hydrogen-bond donors (Lipinski definition) is 9. The zero-order valence-corrected chi connectivity index (χ0v) is 19.3. The molecule has 0 aromatic rings. The molecular formula is C21H45N3O7. The van der Waals surface area contributed by atoms with Gasteiger partial charge in [-0.3, -0.25) is 16.0 Å². The molecule has 1 rings (SSSR count). The van der Waals surface area contributed by atoms with Crippen molar-refractivity contribution in [3.63, 3.8) is 0 Å². The highest BCUT2D eigenvalue weighted by atomic mass is 16.6. The number of aliphatic hydroxyl groups excluding tert-OH is 5. The Labute approximate surface area is 186 Å². The van der Waals surface area contributed by atoms with E-state index in [0.717, 1.165) is 12.8 Å². The smallest absolute Gasteiger partial charge is 0.213 e. The summed E-state index contributed by atoms with van der Waals surface area (Å²) in [7, 11) is 0. The first-order chi connectivity index (χ1) is 14.5. The lowest BCUT2D eigenvalue weighted by atomic mass is 9.90. The van der Waals surface area contributed by atoms with Gasteiger partial charge in [0.1, 0.15) is 12.5 Å². The number of aliphatic hydroxyl groups is 6. The molecule has 0 aromatic carbocycles. The van der Waals surface area contributed by atoms with Crippen molar-refractivity contribution >= 4 is 0 Å². The van der Waals surface area contributed by atoms with Gasteiger partial charge in [0.05, 0.1) is 18.8 Å². The lowest BCUT2D eigenvalue weighted by Gasteiger charge is -2.35. The van der Waals surface area contributed by atoms with Crippen molar-refractivity contribution in [2.75, 3.05) is 6.61 Å². The topological polar surface area (TPSA) is 167 Å². The molecule has 0 aliphatic heterocycles. The molecule has 31 heavy (non-hydrogen) atoms. The maximum absolute atomic E-state index is 10.6. The fraction of sp³-hybridized carbons (Fsp3) is 1.00. The van der Waals surface area contributed by atoms with Crippen LogP contribution in [0.4, 0.5) is 0 Å². The van der Waals surface area contributed by atoms with Crippen LogP contribution in [-0.2, 0) is 4.74 Å². The average molecular weight is 452 g/mol. The van der Waals surface area contributed by atoms with E-state index < -0.39 is 49.4 Å². The molecule has 0 aromatic heterocycles. The Bertz CT molecular complexity index is 464. The quantitative estimate of drug-likeness (QED) is 0.143. The fourth-order valence-electron chi connectivity index (χ4n) is 3.90. The number of nitrogens with one attached hydrogen (secondary N) is 3. The van der Waals surface area contributed by atoms with Gasteiger partial charge in [-0.25, -0.2) is 0 Å². The third-order valence-corrected chi connectivity index (χ3v) is 5.95. The molecule has 186 valence electrons.